The molecule has 1 heterocycles. The molecule has 0 saturated carbocycles. The molecule has 1 aliphatic heterocycles. The number of carbonyl (C=O) groups is 8. The first-order valence-electron chi connectivity index (χ1n) is 23.3. The van der Waals surface area contributed by atoms with Crippen LogP contribution in [0, 0.1) is 11.8 Å². The average Bonchev–Trinajstić information content (AvgIpc) is 3.72. The molecular weight excluding hydrogens is 879 g/mol. The number of hydrogen-bond donors (Lipinski definition) is 8. The maximum atomic E-state index is 14.4. The van der Waals surface area contributed by atoms with E-state index in [0.29, 0.717) is 12.0 Å². The number of carboxylic acids is 1. The van der Waals surface area contributed by atoms with Crippen molar-refractivity contribution in [1.29, 1.82) is 0 Å². The van der Waals surface area contributed by atoms with Crippen molar-refractivity contribution in [3.8, 4) is 5.75 Å². The van der Waals surface area contributed by atoms with Crippen LogP contribution in [0.5, 0.6) is 5.75 Å². The third-order valence-electron chi connectivity index (χ3n) is 10.7. The number of phenols is 1. The molecule has 0 aromatic heterocycles. The van der Waals surface area contributed by atoms with Crippen LogP contribution in [0.1, 0.15) is 112 Å². The van der Waals surface area contributed by atoms with E-state index in [9.17, 15) is 48.6 Å². The number of rotatable bonds is 22. The molecule has 0 radical (unpaired) electrons. The Morgan fingerprint density at radius 3 is 1.81 bits per heavy atom. The van der Waals surface area contributed by atoms with E-state index in [1.807, 2.05) is 18.2 Å². The van der Waals surface area contributed by atoms with E-state index in [0.717, 1.165) is 5.56 Å². The van der Waals surface area contributed by atoms with Crippen molar-refractivity contribution < 1.29 is 58.0 Å². The largest absolute Gasteiger partial charge is 0.508 e. The molecule has 0 aliphatic carbocycles. The van der Waals surface area contributed by atoms with E-state index in [2.05, 4.69) is 31.9 Å². The quantitative estimate of drug-likeness (QED) is 0.0776. The number of nitrogens with one attached hydrogen (secondary N) is 6. The van der Waals surface area contributed by atoms with Crippen LogP contribution in [0.25, 0.3) is 0 Å². The summed E-state index contributed by atoms with van der Waals surface area (Å²) in [4.78, 5) is 109. The minimum Gasteiger partial charge on any atom is -0.508 e. The minimum absolute atomic E-state index is 0.0291. The molecule has 19 nitrogen and oxygen atoms in total. The zero-order valence-electron chi connectivity index (χ0n) is 41.1. The van der Waals surface area contributed by atoms with Gasteiger partial charge >= 0.3 is 18.2 Å². The summed E-state index contributed by atoms with van der Waals surface area (Å²) in [6, 6.07) is 7.77. The van der Waals surface area contributed by atoms with Gasteiger partial charge in [0.05, 0.1) is 0 Å². The van der Waals surface area contributed by atoms with Gasteiger partial charge in [0.25, 0.3) is 0 Å². The summed E-state index contributed by atoms with van der Waals surface area (Å²) < 4.78 is 10.7. The number of aromatic hydroxyl groups is 1. The highest BCUT2D eigenvalue weighted by atomic mass is 16.6. The Morgan fingerprint density at radius 2 is 1.24 bits per heavy atom. The van der Waals surface area contributed by atoms with Crippen LogP contribution in [-0.4, -0.2) is 123 Å². The number of phenolic OH excluding ortho intramolecular Hbond substituents is 1. The van der Waals surface area contributed by atoms with Crippen molar-refractivity contribution in [3.63, 3.8) is 0 Å². The molecule has 8 N–H and O–H groups in total. The second kappa shape index (κ2) is 25.7. The summed E-state index contributed by atoms with van der Waals surface area (Å²) in [7, 11) is 0. The first-order chi connectivity index (χ1) is 31.7. The van der Waals surface area contributed by atoms with Gasteiger partial charge in [0.15, 0.2) is 0 Å². The van der Waals surface area contributed by atoms with Crippen molar-refractivity contribution in [2.24, 2.45) is 11.8 Å². The van der Waals surface area contributed by atoms with Gasteiger partial charge in [0.1, 0.15) is 53.2 Å². The molecule has 3 rings (SSSR count). The highest BCUT2D eigenvalue weighted by molar-refractivity contribution is 5.97. The van der Waals surface area contributed by atoms with Gasteiger partial charge in [-0.3, -0.25) is 24.0 Å². The molecule has 1 saturated heterocycles. The molecule has 0 spiro atoms. The van der Waals surface area contributed by atoms with Crippen molar-refractivity contribution in [2.75, 3.05) is 13.1 Å². The summed E-state index contributed by atoms with van der Waals surface area (Å²) in [5, 5.41) is 35.8. The van der Waals surface area contributed by atoms with Crippen LogP contribution in [0.3, 0.4) is 0 Å². The second-order valence-corrected chi connectivity index (χ2v) is 19.9. The number of benzene rings is 2. The molecule has 1 aliphatic rings. The Balaban J connectivity index is 1.88. The molecule has 19 heteroatoms. The van der Waals surface area contributed by atoms with E-state index >= 15 is 0 Å². The van der Waals surface area contributed by atoms with Crippen LogP contribution in [0.2, 0.25) is 0 Å². The molecule has 1 fully saturated rings. The van der Waals surface area contributed by atoms with Crippen molar-refractivity contribution in [3.05, 3.63) is 65.7 Å². The highest BCUT2D eigenvalue weighted by Gasteiger charge is 2.40. The Kier molecular flexibility index (Phi) is 21.1. The molecule has 6 atom stereocenters. The molecule has 2 aromatic rings. The maximum absolute atomic E-state index is 14.4. The van der Waals surface area contributed by atoms with Gasteiger partial charge in [0, 0.05) is 25.9 Å². The second-order valence-electron chi connectivity index (χ2n) is 19.9. The minimum atomic E-state index is -1.32. The number of aliphatic carboxylic acids is 1. The highest BCUT2D eigenvalue weighted by Crippen LogP contribution is 2.22. The summed E-state index contributed by atoms with van der Waals surface area (Å²) in [5.74, 6) is -5.44. The van der Waals surface area contributed by atoms with Gasteiger partial charge in [-0.1, -0.05) is 70.2 Å². The molecule has 0 unspecified atom stereocenters. The number of carboxylic acid groups (broad SMARTS) is 1. The first kappa shape index (κ1) is 55.9. The fraction of sp³-hybridized carbons (Fsp3) is 0.592. The first-order valence-corrected chi connectivity index (χ1v) is 23.3. The van der Waals surface area contributed by atoms with Crippen LogP contribution in [-0.2, 0) is 51.1 Å². The number of nitrogens with zero attached hydrogens (tertiary/aromatic N) is 1. The molecule has 2 aromatic carbocycles. The lowest BCUT2D eigenvalue weighted by atomic mass is 9.99. The SMILES string of the molecule is CC(C)C[C@H](NC(=O)[C@H](CCCNC(=O)OC(C)(C)C)NC(=O)[C@@H](NC(=O)[C@H](Cc1ccc(O)cc1)NC(=O)[C@@H]1CCCN1C(=O)[C@H](Cc1ccccc1)NC(=O)OC(C)(C)C)C(C)C)C(=O)O. The lowest BCUT2D eigenvalue weighted by Crippen LogP contribution is -2.60. The maximum Gasteiger partial charge on any atom is 0.408 e. The van der Waals surface area contributed by atoms with Crippen LogP contribution >= 0.6 is 0 Å². The van der Waals surface area contributed by atoms with Crippen molar-refractivity contribution in [1.82, 2.24) is 36.8 Å². The number of carbonyl (C=O) groups excluding carboxylic acids is 7. The predicted octanol–water partition coefficient (Wildman–Crippen LogP) is 4.09. The van der Waals surface area contributed by atoms with Crippen LogP contribution < -0.4 is 31.9 Å². The summed E-state index contributed by atoms with van der Waals surface area (Å²) in [5.41, 5.74) is -0.298. The van der Waals surface area contributed by atoms with E-state index < -0.39 is 101 Å². The van der Waals surface area contributed by atoms with Gasteiger partial charge in [-0.25, -0.2) is 14.4 Å². The van der Waals surface area contributed by atoms with E-state index in [1.165, 1.54) is 17.0 Å². The Bertz CT molecular complexity index is 2030. The van der Waals surface area contributed by atoms with E-state index in [1.54, 1.807) is 93.5 Å². The summed E-state index contributed by atoms with van der Waals surface area (Å²) in [6.07, 6.45) is -0.513. The average molecular weight is 952 g/mol. The van der Waals surface area contributed by atoms with Gasteiger partial charge in [-0.15, -0.1) is 0 Å². The van der Waals surface area contributed by atoms with Gasteiger partial charge in [-0.05, 0) is 109 Å². The van der Waals surface area contributed by atoms with Crippen molar-refractivity contribution >= 4 is 47.7 Å². The molecule has 68 heavy (non-hydrogen) atoms. The predicted molar refractivity (Wildman–Crippen MR) is 253 cm³/mol. The van der Waals surface area contributed by atoms with Crippen molar-refractivity contribution in [2.45, 2.75) is 162 Å². The molecular formula is C49H73N7O12. The number of amides is 7. The number of ether oxygens (including phenoxy) is 2. The van der Waals surface area contributed by atoms with Crippen LogP contribution in [0.4, 0.5) is 9.59 Å². The van der Waals surface area contributed by atoms with Gasteiger partial charge < -0.3 is 56.5 Å². The normalized spacial score (nSPS) is 16.1. The zero-order chi connectivity index (χ0) is 50.9. The third-order valence-corrected chi connectivity index (χ3v) is 10.7. The lowest BCUT2D eigenvalue weighted by molar-refractivity contribution is -0.143. The number of hydrogen-bond acceptors (Lipinski definition) is 11. The molecule has 7 amide bonds. The fourth-order valence-electron chi connectivity index (χ4n) is 7.44. The summed E-state index contributed by atoms with van der Waals surface area (Å²) >= 11 is 0. The smallest absolute Gasteiger partial charge is 0.408 e. The summed E-state index contributed by atoms with van der Waals surface area (Å²) in [6.45, 7) is 17.4. The third kappa shape index (κ3) is 19.4. The monoisotopic (exact) mass is 952 g/mol. The fourth-order valence-corrected chi connectivity index (χ4v) is 7.44. The number of alkyl carbamates (subject to hydrolysis) is 2. The Morgan fingerprint density at radius 1 is 0.676 bits per heavy atom. The van der Waals surface area contributed by atoms with Gasteiger partial charge in [-0.2, -0.15) is 0 Å². The van der Waals surface area contributed by atoms with E-state index in [4.69, 9.17) is 9.47 Å². The number of likely N-dealkylation sites (tertiary alicyclic amines) is 1. The van der Waals surface area contributed by atoms with Crippen LogP contribution in [0.15, 0.2) is 54.6 Å². The Hall–Kier alpha value is -6.40. The standard InChI is InChI=1S/C49H73N7O12/c1-29(2)26-37(45(63)64)53-40(58)34(18-14-24-50-46(65)67-48(5,6)7)51-43(61)39(30(3)4)55-41(59)35(27-32-20-22-33(57)23-21-32)52-42(60)38-19-15-25-56(38)44(62)36(28-31-16-12-11-13-17-31)54-47(66)68-49(8,9)10/h11-13,16-17,20-23,29-30,34-39,57H,14-15,18-19,24-28H2,1-10H3,(H,50,65)(H,51,61)(H,52,60)(H,53,58)(H,54,66)(H,55,59)(H,63,64)/t34-,35-,36-,37-,38-,39-/m0/s1. The molecule has 0 bridgehead atoms. The Labute approximate surface area is 399 Å². The zero-order valence-corrected chi connectivity index (χ0v) is 41.1. The van der Waals surface area contributed by atoms with E-state index in [-0.39, 0.29) is 63.3 Å². The topological polar surface area (TPSA) is 271 Å². The molecule has 376 valence electrons. The lowest BCUT2D eigenvalue weighted by Gasteiger charge is -2.31. The van der Waals surface area contributed by atoms with Gasteiger partial charge in [0.2, 0.25) is 29.5 Å².